The first-order chi connectivity index (χ1) is 10.0. The molecule has 0 aromatic heterocycles. The molecule has 5 N–H and O–H groups in total. The summed E-state index contributed by atoms with van der Waals surface area (Å²) >= 11 is 0. The first-order valence-corrected chi connectivity index (χ1v) is 8.05. The normalized spacial score (nSPS) is 23.2. The Labute approximate surface area is 127 Å². The van der Waals surface area contributed by atoms with Gasteiger partial charge in [0.2, 0.25) is 0 Å². The maximum Gasteiger partial charge on any atom is 0.278 e. The first-order valence-electron chi connectivity index (χ1n) is 8.05. The van der Waals surface area contributed by atoms with Crippen LogP contribution in [0.15, 0.2) is 30.3 Å². The number of hydrogen-bond donors (Lipinski definition) is 3. The molecule has 1 aliphatic rings. The Morgan fingerprint density at radius 1 is 1.38 bits per heavy atom. The summed E-state index contributed by atoms with van der Waals surface area (Å²) in [4.78, 5) is 13.7. The number of likely N-dealkylation sites (tertiary alicyclic amines) is 1. The number of nitrogens with one attached hydrogen (secondary N) is 2. The average Bonchev–Trinajstić information content (AvgIpc) is 2.86. The van der Waals surface area contributed by atoms with Gasteiger partial charge in [0.25, 0.3) is 5.91 Å². The van der Waals surface area contributed by atoms with E-state index in [4.69, 9.17) is 0 Å². The van der Waals surface area contributed by atoms with Gasteiger partial charge in [-0.3, -0.25) is 4.79 Å². The van der Waals surface area contributed by atoms with Gasteiger partial charge in [-0.15, -0.1) is 0 Å². The van der Waals surface area contributed by atoms with Crippen molar-refractivity contribution in [1.82, 2.24) is 5.32 Å². The lowest BCUT2D eigenvalue weighted by Gasteiger charge is -2.16. The van der Waals surface area contributed by atoms with E-state index in [2.05, 4.69) is 55.2 Å². The second-order valence-electron chi connectivity index (χ2n) is 6.69. The lowest BCUT2D eigenvalue weighted by Crippen LogP contribution is -3.09. The van der Waals surface area contributed by atoms with Crippen LogP contribution in [-0.2, 0) is 11.3 Å². The van der Waals surface area contributed by atoms with Crippen LogP contribution in [0, 0.1) is 5.92 Å². The van der Waals surface area contributed by atoms with E-state index in [0.29, 0.717) is 12.0 Å². The molecule has 1 heterocycles. The number of hydrogen-bond acceptors (Lipinski definition) is 1. The molecule has 4 nitrogen and oxygen atoms in total. The highest BCUT2D eigenvalue weighted by Gasteiger charge is 2.29. The fraction of sp³-hybridized carbons (Fsp3) is 0.588. The number of benzene rings is 1. The van der Waals surface area contributed by atoms with E-state index in [-0.39, 0.29) is 11.9 Å². The Kier molecular flexibility index (Phi) is 5.76. The molecule has 1 amide bonds. The molecule has 21 heavy (non-hydrogen) atoms. The van der Waals surface area contributed by atoms with Crippen molar-refractivity contribution in [3.8, 4) is 0 Å². The third-order valence-corrected chi connectivity index (χ3v) is 4.15. The van der Waals surface area contributed by atoms with Gasteiger partial charge in [-0.1, -0.05) is 44.2 Å². The molecule has 0 radical (unpaired) electrons. The maximum atomic E-state index is 12.1. The Morgan fingerprint density at radius 3 is 2.76 bits per heavy atom. The van der Waals surface area contributed by atoms with E-state index in [1.807, 2.05) is 0 Å². The molecular formula is C17H29N3O+2. The Balaban J connectivity index is 1.76. The second kappa shape index (κ2) is 7.57. The molecule has 0 saturated carbocycles. The Hall–Kier alpha value is -1.39. The highest BCUT2D eigenvalue weighted by Crippen LogP contribution is 2.03. The van der Waals surface area contributed by atoms with Gasteiger partial charge in [0.1, 0.15) is 6.54 Å². The summed E-state index contributed by atoms with van der Waals surface area (Å²) < 4.78 is 0. The van der Waals surface area contributed by atoms with Crippen molar-refractivity contribution in [2.45, 2.75) is 45.3 Å². The minimum absolute atomic E-state index is 0.120. The van der Waals surface area contributed by atoms with Crippen molar-refractivity contribution in [3.63, 3.8) is 0 Å². The summed E-state index contributed by atoms with van der Waals surface area (Å²) in [5.74, 6) is 0.636. The zero-order valence-electron chi connectivity index (χ0n) is 13.3. The summed E-state index contributed by atoms with van der Waals surface area (Å²) in [6.45, 7) is 7.47. The van der Waals surface area contributed by atoms with Crippen molar-refractivity contribution >= 4 is 5.91 Å². The van der Waals surface area contributed by atoms with Crippen LogP contribution in [0.3, 0.4) is 0 Å². The average molecular weight is 291 g/mol. The van der Waals surface area contributed by atoms with Gasteiger partial charge in [-0.2, -0.15) is 0 Å². The lowest BCUT2D eigenvalue weighted by atomic mass is 10.0. The van der Waals surface area contributed by atoms with Crippen LogP contribution < -0.4 is 16.0 Å². The molecule has 1 fully saturated rings. The van der Waals surface area contributed by atoms with Crippen molar-refractivity contribution in [3.05, 3.63) is 35.9 Å². The quantitative estimate of drug-likeness (QED) is 0.657. The molecule has 3 atom stereocenters. The van der Waals surface area contributed by atoms with Gasteiger partial charge in [0.05, 0.1) is 19.1 Å². The van der Waals surface area contributed by atoms with Crippen LogP contribution >= 0.6 is 0 Å². The topological polar surface area (TPSA) is 61.2 Å². The van der Waals surface area contributed by atoms with E-state index < -0.39 is 0 Å². The monoisotopic (exact) mass is 291 g/mol. The van der Waals surface area contributed by atoms with E-state index in [9.17, 15) is 4.79 Å². The number of carbonyl (C=O) groups is 1. The van der Waals surface area contributed by atoms with Gasteiger partial charge in [0, 0.05) is 18.4 Å². The van der Waals surface area contributed by atoms with Crippen LogP contribution in [0.5, 0.6) is 0 Å². The maximum absolute atomic E-state index is 12.1. The SMILES string of the molecule is CC(C)CC([NH3+])C(=O)NC1CC[NH+](Cc2ccccc2)C1. The Bertz CT molecular complexity index is 447. The number of quaternary nitrogens is 2. The molecular weight excluding hydrogens is 262 g/mol. The zero-order chi connectivity index (χ0) is 15.2. The highest BCUT2D eigenvalue weighted by atomic mass is 16.2. The molecule has 0 aliphatic carbocycles. The Morgan fingerprint density at radius 2 is 2.10 bits per heavy atom. The summed E-state index contributed by atoms with van der Waals surface area (Å²) in [6, 6.07) is 10.8. The van der Waals surface area contributed by atoms with Crippen LogP contribution in [0.1, 0.15) is 32.3 Å². The van der Waals surface area contributed by atoms with Gasteiger partial charge >= 0.3 is 0 Å². The van der Waals surface area contributed by atoms with E-state index in [0.717, 1.165) is 32.5 Å². The number of rotatable bonds is 6. The molecule has 2 rings (SSSR count). The van der Waals surface area contributed by atoms with Crippen molar-refractivity contribution in [2.75, 3.05) is 13.1 Å². The third kappa shape index (κ3) is 5.14. The predicted octanol–water partition coefficient (Wildman–Crippen LogP) is -0.383. The van der Waals surface area contributed by atoms with Crippen LogP contribution in [0.25, 0.3) is 0 Å². The summed E-state index contributed by atoms with van der Waals surface area (Å²) in [7, 11) is 0. The molecule has 3 unspecified atom stereocenters. The van der Waals surface area contributed by atoms with Gasteiger partial charge in [0.15, 0.2) is 6.04 Å². The van der Waals surface area contributed by atoms with E-state index >= 15 is 0 Å². The van der Waals surface area contributed by atoms with Gasteiger partial charge in [-0.25, -0.2) is 0 Å². The standard InChI is InChI=1S/C17H27N3O/c1-13(2)10-16(18)17(21)19-15-8-9-20(12-15)11-14-6-4-3-5-7-14/h3-7,13,15-16H,8-12,18H2,1-2H3,(H,19,21)/p+2. The highest BCUT2D eigenvalue weighted by molar-refractivity contribution is 5.80. The van der Waals surface area contributed by atoms with Crippen LogP contribution in [-0.4, -0.2) is 31.1 Å². The molecule has 0 spiro atoms. The minimum Gasteiger partial charge on any atom is -0.347 e. The summed E-state index contributed by atoms with van der Waals surface area (Å²) in [6.07, 6.45) is 1.93. The summed E-state index contributed by atoms with van der Waals surface area (Å²) in [5, 5.41) is 3.18. The molecule has 1 aromatic rings. The number of amides is 1. The van der Waals surface area contributed by atoms with Crippen molar-refractivity contribution in [2.24, 2.45) is 5.92 Å². The van der Waals surface area contributed by atoms with E-state index in [1.165, 1.54) is 5.56 Å². The largest absolute Gasteiger partial charge is 0.347 e. The molecule has 116 valence electrons. The fourth-order valence-corrected chi connectivity index (χ4v) is 3.09. The van der Waals surface area contributed by atoms with Gasteiger partial charge in [-0.05, 0) is 5.92 Å². The molecule has 1 aliphatic heterocycles. The van der Waals surface area contributed by atoms with E-state index in [1.54, 1.807) is 4.90 Å². The molecule has 0 bridgehead atoms. The number of carbonyl (C=O) groups excluding carboxylic acids is 1. The van der Waals surface area contributed by atoms with Crippen LogP contribution in [0.4, 0.5) is 0 Å². The summed E-state index contributed by atoms with van der Waals surface area (Å²) in [5.41, 5.74) is 5.36. The fourth-order valence-electron chi connectivity index (χ4n) is 3.09. The third-order valence-electron chi connectivity index (χ3n) is 4.15. The zero-order valence-corrected chi connectivity index (χ0v) is 13.3. The smallest absolute Gasteiger partial charge is 0.278 e. The van der Waals surface area contributed by atoms with Crippen molar-refractivity contribution < 1.29 is 15.4 Å². The second-order valence-corrected chi connectivity index (χ2v) is 6.69. The van der Waals surface area contributed by atoms with Crippen molar-refractivity contribution in [1.29, 1.82) is 0 Å². The molecule has 1 aromatic carbocycles. The first kappa shape index (κ1) is 16.0. The molecule has 1 saturated heterocycles. The van der Waals surface area contributed by atoms with Crippen LogP contribution in [0.2, 0.25) is 0 Å². The predicted molar refractivity (Wildman–Crippen MR) is 83.5 cm³/mol. The van der Waals surface area contributed by atoms with Gasteiger partial charge < -0.3 is 16.0 Å². The lowest BCUT2D eigenvalue weighted by molar-refractivity contribution is -0.901. The molecule has 4 heteroatoms. The minimum atomic E-state index is -0.122.